The lowest BCUT2D eigenvalue weighted by Crippen LogP contribution is -2.43. The van der Waals surface area contributed by atoms with Crippen molar-refractivity contribution in [3.63, 3.8) is 0 Å². The van der Waals surface area contributed by atoms with Crippen molar-refractivity contribution >= 4 is 109 Å². The van der Waals surface area contributed by atoms with Crippen LogP contribution >= 0.6 is 21.4 Å². The van der Waals surface area contributed by atoms with Crippen LogP contribution in [0.4, 0.5) is 28.4 Å². The van der Waals surface area contributed by atoms with Gasteiger partial charge in [-0.1, -0.05) is 224 Å². The molecule has 0 aliphatic carbocycles. The Kier molecular flexibility index (Phi) is 12.1. The lowest BCUT2D eigenvalue weighted by molar-refractivity contribution is -0.176. The Hall–Kier alpha value is -10.3. The number of ether oxygens (including phenoxy) is 4. The molecule has 1 atom stereocenters. The quantitative estimate of drug-likeness (QED) is 0.0834. The molecular formula is C72H48N3O9P3. The topological polar surface area (TPSA) is 154 Å². The summed E-state index contributed by atoms with van der Waals surface area (Å²) in [5.74, 6) is -1.88. The SMILES string of the molecule is O=C1OC2(Oc3c(cc4c(c3P(=O)(c3ccccc3)c3ccccc3)Nc3ccccc3O4)-c3oc4c(P(=O)(c5ccccc5)c5ccccc5)c5c(cc4c32)Oc2ccccc2N5)C(Nc2ccccc2)=C1P(=O)(c1ccccc1)c1ccccc1. The van der Waals surface area contributed by atoms with Gasteiger partial charge in [-0.15, -0.1) is 0 Å². The van der Waals surface area contributed by atoms with E-state index in [-0.39, 0.29) is 66.7 Å². The van der Waals surface area contributed by atoms with Gasteiger partial charge in [0.25, 0.3) is 0 Å². The number of carbonyl (C=O) groups is 1. The van der Waals surface area contributed by atoms with Crippen molar-refractivity contribution in [1.29, 1.82) is 0 Å². The number of furan rings is 1. The van der Waals surface area contributed by atoms with Crippen molar-refractivity contribution in [2.24, 2.45) is 0 Å². The third-order valence-electron chi connectivity index (χ3n) is 16.4. The first-order valence-corrected chi connectivity index (χ1v) is 33.4. The highest BCUT2D eigenvalue weighted by molar-refractivity contribution is 7.86. The summed E-state index contributed by atoms with van der Waals surface area (Å²) in [4.78, 5) is 16.3. The minimum Gasteiger partial charge on any atom is -0.454 e. The van der Waals surface area contributed by atoms with E-state index in [0.717, 1.165) is 0 Å². The number of nitrogens with one attached hydrogen (secondary N) is 3. The molecule has 4 aliphatic heterocycles. The molecule has 0 saturated carbocycles. The molecule has 87 heavy (non-hydrogen) atoms. The predicted octanol–water partition coefficient (Wildman–Crippen LogP) is 14.5. The Balaban J connectivity index is 1.12. The fourth-order valence-corrected chi connectivity index (χ4v) is 21.2. The Morgan fingerprint density at radius 1 is 0.402 bits per heavy atom. The molecule has 5 heterocycles. The van der Waals surface area contributed by atoms with Crippen molar-refractivity contribution < 1.29 is 41.9 Å². The van der Waals surface area contributed by atoms with Crippen molar-refractivity contribution in [2.75, 3.05) is 16.0 Å². The number of benzene rings is 11. The molecule has 1 unspecified atom stereocenters. The summed E-state index contributed by atoms with van der Waals surface area (Å²) in [6, 6.07) is 82.2. The molecule has 0 bridgehead atoms. The van der Waals surface area contributed by atoms with Crippen LogP contribution in [0, 0.1) is 0 Å². The van der Waals surface area contributed by atoms with Crippen LogP contribution in [0.2, 0.25) is 0 Å². The highest BCUT2D eigenvalue weighted by Gasteiger charge is 2.63. The second-order valence-electron chi connectivity index (χ2n) is 21.4. The molecule has 12 nitrogen and oxygen atoms in total. The summed E-state index contributed by atoms with van der Waals surface area (Å²) in [7, 11) is -12.7. The first-order valence-electron chi connectivity index (χ1n) is 28.2. The molecule has 0 amide bonds. The largest absolute Gasteiger partial charge is 0.454 e. The molecule has 11 aromatic carbocycles. The van der Waals surface area contributed by atoms with Gasteiger partial charge in [0.15, 0.2) is 50.2 Å². The molecule has 16 rings (SSSR count). The van der Waals surface area contributed by atoms with Crippen LogP contribution in [0.5, 0.6) is 28.7 Å². The molecule has 0 saturated heterocycles. The number of hydrogen-bond acceptors (Lipinski definition) is 12. The molecular weight excluding hydrogens is 1140 g/mol. The number of anilines is 5. The van der Waals surface area contributed by atoms with Crippen molar-refractivity contribution in [3.8, 4) is 40.1 Å². The van der Waals surface area contributed by atoms with Gasteiger partial charge in [0.2, 0.25) is 0 Å². The van der Waals surface area contributed by atoms with E-state index in [4.69, 9.17) is 23.4 Å². The second kappa shape index (κ2) is 20.2. The molecule has 0 radical (unpaired) electrons. The van der Waals surface area contributed by atoms with Crippen LogP contribution in [0.25, 0.3) is 22.3 Å². The van der Waals surface area contributed by atoms with E-state index in [1.54, 1.807) is 60.7 Å². The van der Waals surface area contributed by atoms with Gasteiger partial charge < -0.3 is 53.0 Å². The summed E-state index contributed by atoms with van der Waals surface area (Å²) >= 11 is 0. The zero-order valence-electron chi connectivity index (χ0n) is 46.0. The Morgan fingerprint density at radius 2 is 0.793 bits per heavy atom. The number of rotatable bonds is 11. The Bertz CT molecular complexity index is 4830. The van der Waals surface area contributed by atoms with Crippen LogP contribution in [0.15, 0.2) is 288 Å². The summed E-state index contributed by atoms with van der Waals surface area (Å²) in [5, 5.41) is 13.9. The van der Waals surface area contributed by atoms with Crippen LogP contribution in [0.1, 0.15) is 5.56 Å². The van der Waals surface area contributed by atoms with E-state index in [0.29, 0.717) is 71.8 Å². The lowest BCUT2D eigenvalue weighted by atomic mass is 9.91. The van der Waals surface area contributed by atoms with Crippen LogP contribution in [-0.2, 0) is 29.0 Å². The minimum atomic E-state index is -4.35. The molecule has 12 aromatic rings. The smallest absolute Gasteiger partial charge is 0.348 e. The van der Waals surface area contributed by atoms with Gasteiger partial charge in [0, 0.05) is 42.9 Å². The first kappa shape index (κ1) is 52.2. The van der Waals surface area contributed by atoms with Gasteiger partial charge in [0.1, 0.15) is 22.3 Å². The minimum absolute atomic E-state index is 0.00936. The van der Waals surface area contributed by atoms with Crippen LogP contribution < -0.4 is 72.6 Å². The van der Waals surface area contributed by atoms with E-state index in [2.05, 4.69) is 16.0 Å². The van der Waals surface area contributed by atoms with Gasteiger partial charge in [-0.05, 0) is 48.5 Å². The molecule has 420 valence electrons. The van der Waals surface area contributed by atoms with E-state index in [1.165, 1.54) is 0 Å². The average Bonchev–Trinajstić information content (AvgIpc) is 1.59. The fourth-order valence-electron chi connectivity index (χ4n) is 12.5. The number of carbonyl (C=O) groups excluding carboxylic acids is 1. The highest BCUT2D eigenvalue weighted by atomic mass is 31.2. The van der Waals surface area contributed by atoms with Crippen LogP contribution in [0.3, 0.4) is 0 Å². The average molecular weight is 1190 g/mol. The van der Waals surface area contributed by atoms with Gasteiger partial charge in [-0.25, -0.2) is 4.79 Å². The molecule has 15 heteroatoms. The molecule has 4 aliphatic rings. The van der Waals surface area contributed by atoms with Gasteiger partial charge in [-0.2, -0.15) is 0 Å². The second-order valence-corrected chi connectivity index (χ2v) is 29.5. The standard InChI is InChI=1S/C72H48N3O9P3/c76-71-69(87(79,51-36-18-6-19-37-51)52-38-20-7-21-39-52)70(73-46-26-8-1-9-27-46)72(84-71)61-53-44-59-62(74-55-40-22-24-42-57(55)80-59)67(85(77,47-28-10-2-11-29-47)48-30-12-3-13-31-48)65(53)82-64(61)54-45-60-63(75-56-41-23-25-43-58(56)81-60)68(66(54)83-72)86(78,49-32-14-4-15-33-49)50-34-16-5-17-35-50/h1-45,73-75H. The van der Waals surface area contributed by atoms with Crippen molar-refractivity contribution in [2.45, 2.75) is 5.79 Å². The van der Waals surface area contributed by atoms with E-state index >= 15 is 18.5 Å². The van der Waals surface area contributed by atoms with E-state index < -0.39 is 33.2 Å². The number of hydrogen-bond donors (Lipinski definition) is 3. The first-order chi connectivity index (χ1) is 42.7. The van der Waals surface area contributed by atoms with Crippen molar-refractivity contribution in [3.05, 3.63) is 290 Å². The zero-order valence-corrected chi connectivity index (χ0v) is 48.7. The third-order valence-corrected chi connectivity index (χ3v) is 25.7. The lowest BCUT2D eigenvalue weighted by Gasteiger charge is -2.39. The highest BCUT2D eigenvalue weighted by Crippen LogP contribution is 2.67. The summed E-state index contributed by atoms with van der Waals surface area (Å²) in [6.07, 6.45) is 0. The van der Waals surface area contributed by atoms with E-state index in [9.17, 15) is 0 Å². The summed E-state index contributed by atoms with van der Waals surface area (Å²) in [5.41, 5.74) is 2.82. The third kappa shape index (κ3) is 7.92. The predicted molar refractivity (Wildman–Crippen MR) is 345 cm³/mol. The van der Waals surface area contributed by atoms with Crippen molar-refractivity contribution in [1.82, 2.24) is 0 Å². The van der Waals surface area contributed by atoms with E-state index in [1.807, 2.05) is 212 Å². The molecule has 3 N–H and O–H groups in total. The normalized spacial score (nSPS) is 15.4. The molecule has 0 fully saturated rings. The summed E-state index contributed by atoms with van der Waals surface area (Å²) in [6.45, 7) is 0. The monoisotopic (exact) mass is 1190 g/mol. The molecule has 1 aromatic heterocycles. The maximum absolute atomic E-state index is 17.7. The number of esters is 1. The van der Waals surface area contributed by atoms with Crippen LogP contribution in [-0.4, -0.2) is 5.97 Å². The van der Waals surface area contributed by atoms with Gasteiger partial charge in [-0.3, -0.25) is 0 Å². The van der Waals surface area contributed by atoms with Gasteiger partial charge >= 0.3 is 11.8 Å². The Labute approximate surface area is 499 Å². The fraction of sp³-hybridized carbons (Fsp3) is 0.0139. The molecule has 1 spiro atoms. The maximum atomic E-state index is 17.7. The maximum Gasteiger partial charge on any atom is 0.348 e. The zero-order chi connectivity index (χ0) is 58.5. The Morgan fingerprint density at radius 3 is 1.26 bits per heavy atom. The van der Waals surface area contributed by atoms with Gasteiger partial charge in [0.05, 0.1) is 44.5 Å². The number of fused-ring (bicyclic) bond motifs is 10. The number of para-hydroxylation sites is 5. The summed E-state index contributed by atoms with van der Waals surface area (Å²) < 4.78 is 89.4.